The number of hydrogen-bond donors (Lipinski definition) is 1. The van der Waals surface area contributed by atoms with Crippen molar-refractivity contribution >= 4 is 5.69 Å². The molecule has 0 aromatic heterocycles. The van der Waals surface area contributed by atoms with Crippen LogP contribution in [0.1, 0.15) is 0 Å². The first-order valence-corrected chi connectivity index (χ1v) is 4.28. The van der Waals surface area contributed by atoms with Gasteiger partial charge in [-0.15, -0.1) is 0 Å². The van der Waals surface area contributed by atoms with Gasteiger partial charge in [-0.05, 0) is 11.6 Å². The number of para-hydroxylation sites is 1. The molecule has 0 atom stereocenters. The molecule has 0 aliphatic carbocycles. The first kappa shape index (κ1) is 11.0. The SMILES string of the molecule is Nc1ccccc1-c1ccccc1.[Pd+]. The normalized spacial score (nSPS) is 9.14. The van der Waals surface area contributed by atoms with E-state index in [0.29, 0.717) is 0 Å². The fraction of sp³-hybridized carbons (Fsp3) is 0. The Balaban J connectivity index is 0.000000980. The van der Waals surface area contributed by atoms with E-state index in [1.807, 2.05) is 42.5 Å². The molecule has 2 heteroatoms. The Labute approximate surface area is 97.6 Å². The molecular weight excluding hydrogens is 265 g/mol. The summed E-state index contributed by atoms with van der Waals surface area (Å²) in [5.41, 5.74) is 8.95. The number of hydrogen-bond acceptors (Lipinski definition) is 1. The molecule has 0 aliphatic rings. The first-order valence-electron chi connectivity index (χ1n) is 4.28. The quantitative estimate of drug-likeness (QED) is 0.628. The summed E-state index contributed by atoms with van der Waals surface area (Å²) in [5, 5.41) is 0. The van der Waals surface area contributed by atoms with Crippen molar-refractivity contribution in [3.63, 3.8) is 0 Å². The minimum Gasteiger partial charge on any atom is -0.398 e. The second-order valence-electron chi connectivity index (χ2n) is 2.95. The topological polar surface area (TPSA) is 26.0 Å². The van der Waals surface area contributed by atoms with E-state index in [0.717, 1.165) is 11.3 Å². The number of rotatable bonds is 1. The van der Waals surface area contributed by atoms with Crippen LogP contribution < -0.4 is 5.73 Å². The van der Waals surface area contributed by atoms with Crippen molar-refractivity contribution in [1.29, 1.82) is 0 Å². The molecule has 1 radical (unpaired) electrons. The Bertz CT molecular complexity index is 398. The van der Waals surface area contributed by atoms with Gasteiger partial charge in [0.1, 0.15) is 0 Å². The van der Waals surface area contributed by atoms with E-state index in [1.165, 1.54) is 5.56 Å². The molecule has 0 spiro atoms. The molecule has 0 saturated carbocycles. The number of benzene rings is 2. The average molecular weight is 276 g/mol. The van der Waals surface area contributed by atoms with Crippen LogP contribution in [0, 0.1) is 0 Å². The summed E-state index contributed by atoms with van der Waals surface area (Å²) < 4.78 is 0. The van der Waals surface area contributed by atoms with Crippen molar-refractivity contribution in [2.45, 2.75) is 0 Å². The van der Waals surface area contributed by atoms with Gasteiger partial charge in [-0.2, -0.15) is 0 Å². The van der Waals surface area contributed by atoms with Gasteiger partial charge in [0.2, 0.25) is 0 Å². The van der Waals surface area contributed by atoms with Crippen molar-refractivity contribution in [3.05, 3.63) is 54.6 Å². The molecule has 2 aromatic rings. The van der Waals surface area contributed by atoms with Gasteiger partial charge in [0.15, 0.2) is 0 Å². The fourth-order valence-electron chi connectivity index (χ4n) is 1.38. The number of nitrogen functional groups attached to an aromatic ring is 1. The standard InChI is InChI=1S/C12H11N.Pd/c13-12-9-5-4-8-11(12)10-6-2-1-3-7-10;/h1-9H,13H2;/q;+1. The molecule has 1 nitrogen and oxygen atoms in total. The van der Waals surface area contributed by atoms with E-state index >= 15 is 0 Å². The number of nitrogens with two attached hydrogens (primary N) is 1. The van der Waals surface area contributed by atoms with Crippen LogP contribution in [0.2, 0.25) is 0 Å². The van der Waals surface area contributed by atoms with Gasteiger partial charge in [-0.3, -0.25) is 0 Å². The fourth-order valence-corrected chi connectivity index (χ4v) is 1.38. The van der Waals surface area contributed by atoms with Gasteiger partial charge in [0, 0.05) is 11.3 Å². The van der Waals surface area contributed by atoms with Crippen LogP contribution in [0.3, 0.4) is 0 Å². The van der Waals surface area contributed by atoms with Crippen molar-refractivity contribution in [2.75, 3.05) is 5.73 Å². The molecule has 0 bridgehead atoms. The largest absolute Gasteiger partial charge is 1.00 e. The minimum atomic E-state index is 0. The smallest absolute Gasteiger partial charge is 0.398 e. The van der Waals surface area contributed by atoms with Crippen molar-refractivity contribution in [2.24, 2.45) is 0 Å². The molecule has 0 heterocycles. The van der Waals surface area contributed by atoms with Gasteiger partial charge in [-0.1, -0.05) is 48.5 Å². The van der Waals surface area contributed by atoms with E-state index in [4.69, 9.17) is 5.73 Å². The van der Waals surface area contributed by atoms with Crippen LogP contribution in [-0.2, 0) is 20.4 Å². The minimum absolute atomic E-state index is 0. The third-order valence-electron chi connectivity index (χ3n) is 2.05. The molecule has 0 unspecified atom stereocenters. The molecule has 14 heavy (non-hydrogen) atoms. The van der Waals surface area contributed by atoms with Crippen LogP contribution in [0.4, 0.5) is 5.69 Å². The van der Waals surface area contributed by atoms with E-state index < -0.39 is 0 Å². The summed E-state index contributed by atoms with van der Waals surface area (Å²) in [6.45, 7) is 0. The predicted molar refractivity (Wildman–Crippen MR) is 56.3 cm³/mol. The van der Waals surface area contributed by atoms with Crippen molar-refractivity contribution in [1.82, 2.24) is 0 Å². The maximum Gasteiger partial charge on any atom is 1.00 e. The van der Waals surface area contributed by atoms with Gasteiger partial charge >= 0.3 is 20.4 Å². The molecular formula is C12H11NPd+. The number of anilines is 1. The van der Waals surface area contributed by atoms with Gasteiger partial charge in [-0.25, -0.2) is 0 Å². The summed E-state index contributed by atoms with van der Waals surface area (Å²) in [6.07, 6.45) is 0. The third kappa shape index (κ3) is 2.23. The van der Waals surface area contributed by atoms with Crippen LogP contribution in [0.15, 0.2) is 54.6 Å². The summed E-state index contributed by atoms with van der Waals surface area (Å²) >= 11 is 0. The summed E-state index contributed by atoms with van der Waals surface area (Å²) in [7, 11) is 0. The summed E-state index contributed by atoms with van der Waals surface area (Å²) in [6, 6.07) is 18.1. The van der Waals surface area contributed by atoms with Crippen LogP contribution in [0.25, 0.3) is 11.1 Å². The van der Waals surface area contributed by atoms with Crippen molar-refractivity contribution in [3.8, 4) is 11.1 Å². The Kier molecular flexibility index (Phi) is 3.88. The van der Waals surface area contributed by atoms with E-state index in [2.05, 4.69) is 12.1 Å². The second-order valence-corrected chi connectivity index (χ2v) is 2.95. The molecule has 0 aliphatic heterocycles. The Morgan fingerprint density at radius 3 is 1.93 bits per heavy atom. The van der Waals surface area contributed by atoms with Gasteiger partial charge in [0.05, 0.1) is 0 Å². The van der Waals surface area contributed by atoms with E-state index in [1.54, 1.807) is 0 Å². The monoisotopic (exact) mass is 275 g/mol. The van der Waals surface area contributed by atoms with Gasteiger partial charge in [0.25, 0.3) is 0 Å². The molecule has 0 saturated heterocycles. The van der Waals surface area contributed by atoms with E-state index in [9.17, 15) is 0 Å². The van der Waals surface area contributed by atoms with Crippen molar-refractivity contribution < 1.29 is 20.4 Å². The zero-order chi connectivity index (χ0) is 9.10. The molecule has 73 valence electrons. The first-order chi connectivity index (χ1) is 6.38. The van der Waals surface area contributed by atoms with Crippen LogP contribution in [0.5, 0.6) is 0 Å². The third-order valence-corrected chi connectivity index (χ3v) is 2.05. The van der Waals surface area contributed by atoms with Crippen LogP contribution >= 0.6 is 0 Å². The Hall–Kier alpha value is -1.10. The van der Waals surface area contributed by atoms with Gasteiger partial charge < -0.3 is 5.73 Å². The predicted octanol–water partition coefficient (Wildman–Crippen LogP) is 2.93. The maximum absolute atomic E-state index is 5.85. The second kappa shape index (κ2) is 4.95. The summed E-state index contributed by atoms with van der Waals surface area (Å²) in [4.78, 5) is 0. The zero-order valence-corrected chi connectivity index (χ0v) is 9.14. The molecule has 2 rings (SSSR count). The maximum atomic E-state index is 5.85. The summed E-state index contributed by atoms with van der Waals surface area (Å²) in [5.74, 6) is 0. The molecule has 2 aromatic carbocycles. The Morgan fingerprint density at radius 2 is 1.29 bits per heavy atom. The molecule has 0 fully saturated rings. The zero-order valence-electron chi connectivity index (χ0n) is 7.59. The van der Waals surface area contributed by atoms with E-state index in [-0.39, 0.29) is 20.4 Å². The molecule has 2 N–H and O–H groups in total. The van der Waals surface area contributed by atoms with Crippen LogP contribution in [-0.4, -0.2) is 0 Å². The molecule has 0 amide bonds. The Morgan fingerprint density at radius 1 is 0.714 bits per heavy atom. The average Bonchev–Trinajstić information content (AvgIpc) is 2.20.